The zero-order valence-electron chi connectivity index (χ0n) is 13.1. The van der Waals surface area contributed by atoms with Gasteiger partial charge in [-0.15, -0.1) is 11.3 Å². The Morgan fingerprint density at radius 2 is 2.08 bits per heavy atom. The topological polar surface area (TPSA) is 66.5 Å². The second-order valence-corrected chi connectivity index (χ2v) is 9.47. The molecule has 25 heavy (non-hydrogen) atoms. The molecule has 1 saturated heterocycles. The summed E-state index contributed by atoms with van der Waals surface area (Å²) in [7, 11) is -3.77. The van der Waals surface area contributed by atoms with Crippen LogP contribution in [0.3, 0.4) is 0 Å². The average molecular weight is 403 g/mol. The number of carbonyl (C=O) groups excluding carboxylic acids is 1. The minimum atomic E-state index is -3.77. The second kappa shape index (κ2) is 7.41. The summed E-state index contributed by atoms with van der Waals surface area (Å²) >= 11 is 6.79. The van der Waals surface area contributed by atoms with Crippen molar-refractivity contribution in [2.45, 2.75) is 29.6 Å². The Morgan fingerprint density at radius 3 is 2.76 bits per heavy atom. The highest BCUT2D eigenvalue weighted by Gasteiger charge is 2.40. The number of nitrogens with one attached hydrogen (secondary N) is 1. The number of sulfonamides is 1. The predicted octanol–water partition coefficient (Wildman–Crippen LogP) is 3.01. The van der Waals surface area contributed by atoms with Gasteiger partial charge in [-0.3, -0.25) is 4.79 Å². The number of nitrogens with zero attached hydrogens (tertiary/aromatic N) is 1. The Bertz CT molecular complexity index is 885. The van der Waals surface area contributed by atoms with E-state index in [1.807, 2.05) is 0 Å². The minimum absolute atomic E-state index is 0.0146. The smallest absolute Gasteiger partial charge is 0.253 e. The van der Waals surface area contributed by atoms with Crippen LogP contribution in [0.15, 0.2) is 40.6 Å². The largest absolute Gasteiger partial charge is 0.351 e. The van der Waals surface area contributed by atoms with E-state index in [9.17, 15) is 17.6 Å². The van der Waals surface area contributed by atoms with Crippen molar-refractivity contribution < 1.29 is 17.6 Å². The zero-order chi connectivity index (χ0) is 18.0. The molecule has 1 atom stereocenters. The van der Waals surface area contributed by atoms with E-state index in [4.69, 9.17) is 11.6 Å². The predicted molar refractivity (Wildman–Crippen MR) is 94.5 cm³/mol. The lowest BCUT2D eigenvalue weighted by Gasteiger charge is -2.22. The lowest BCUT2D eigenvalue weighted by Crippen LogP contribution is -2.45. The van der Waals surface area contributed by atoms with E-state index in [0.29, 0.717) is 22.7 Å². The average Bonchev–Trinajstić information content (AvgIpc) is 3.23. The van der Waals surface area contributed by atoms with Gasteiger partial charge in [0.05, 0.1) is 4.34 Å². The lowest BCUT2D eigenvalue weighted by atomic mass is 10.2. The van der Waals surface area contributed by atoms with E-state index >= 15 is 0 Å². The summed E-state index contributed by atoms with van der Waals surface area (Å²) in [4.78, 5) is 12.5. The summed E-state index contributed by atoms with van der Waals surface area (Å²) in [6.07, 6.45) is 1.03. The molecule has 1 aliphatic rings. The molecule has 1 amide bonds. The van der Waals surface area contributed by atoms with Crippen molar-refractivity contribution in [3.05, 3.63) is 52.1 Å². The van der Waals surface area contributed by atoms with Gasteiger partial charge in [0, 0.05) is 18.7 Å². The Hall–Kier alpha value is -1.48. The molecule has 9 heteroatoms. The molecule has 5 nitrogen and oxygen atoms in total. The highest BCUT2D eigenvalue weighted by atomic mass is 35.5. The summed E-state index contributed by atoms with van der Waals surface area (Å²) in [5.74, 6) is -0.834. The third kappa shape index (κ3) is 3.87. The van der Waals surface area contributed by atoms with Gasteiger partial charge in [-0.25, -0.2) is 12.8 Å². The molecule has 1 aromatic heterocycles. The molecule has 1 aliphatic heterocycles. The molecule has 0 saturated carbocycles. The first-order chi connectivity index (χ1) is 11.9. The van der Waals surface area contributed by atoms with Crippen LogP contribution in [-0.2, 0) is 21.4 Å². The Labute approximate surface area is 154 Å². The zero-order valence-corrected chi connectivity index (χ0v) is 15.5. The van der Waals surface area contributed by atoms with E-state index in [0.717, 1.165) is 11.3 Å². The SMILES string of the molecule is O=C(NCc1ccccc1F)C1CCCN1S(=O)(=O)c1ccc(Cl)s1. The van der Waals surface area contributed by atoms with Crippen molar-refractivity contribution in [1.29, 1.82) is 0 Å². The van der Waals surface area contributed by atoms with Crippen LogP contribution < -0.4 is 5.32 Å². The number of halogens is 2. The van der Waals surface area contributed by atoms with E-state index in [1.54, 1.807) is 18.2 Å². The van der Waals surface area contributed by atoms with Crippen LogP contribution in [-0.4, -0.2) is 31.2 Å². The highest BCUT2D eigenvalue weighted by molar-refractivity contribution is 7.91. The molecule has 1 fully saturated rings. The Morgan fingerprint density at radius 1 is 1.32 bits per heavy atom. The Kier molecular flexibility index (Phi) is 5.43. The molecule has 1 N–H and O–H groups in total. The number of rotatable bonds is 5. The molecule has 1 aromatic carbocycles. The molecule has 0 spiro atoms. The summed E-state index contributed by atoms with van der Waals surface area (Å²) in [5.41, 5.74) is 0.355. The summed E-state index contributed by atoms with van der Waals surface area (Å²) in [5, 5.41) is 2.63. The van der Waals surface area contributed by atoms with Gasteiger partial charge in [0.25, 0.3) is 10.0 Å². The van der Waals surface area contributed by atoms with E-state index < -0.39 is 27.8 Å². The molecule has 0 aliphatic carbocycles. The fourth-order valence-electron chi connectivity index (χ4n) is 2.78. The molecule has 1 unspecified atom stereocenters. The molecule has 3 rings (SSSR count). The summed E-state index contributed by atoms with van der Waals surface area (Å²) in [6.45, 7) is 0.288. The standard InChI is InChI=1S/C16H16ClFN2O3S2/c17-14-7-8-15(24-14)25(22,23)20-9-3-6-13(20)16(21)19-10-11-4-1-2-5-12(11)18/h1-2,4-5,7-8,13H,3,6,9-10H2,(H,19,21). The maximum atomic E-state index is 13.6. The Balaban J connectivity index is 1.73. The molecule has 2 heterocycles. The summed E-state index contributed by atoms with van der Waals surface area (Å²) in [6, 6.07) is 8.30. The van der Waals surface area contributed by atoms with Crippen molar-refractivity contribution in [3.8, 4) is 0 Å². The third-order valence-electron chi connectivity index (χ3n) is 4.03. The number of thiophene rings is 1. The lowest BCUT2D eigenvalue weighted by molar-refractivity contribution is -0.124. The number of amides is 1. The van der Waals surface area contributed by atoms with Crippen LogP contribution in [0.25, 0.3) is 0 Å². The van der Waals surface area contributed by atoms with Crippen LogP contribution in [0, 0.1) is 5.82 Å². The maximum Gasteiger partial charge on any atom is 0.253 e. The monoisotopic (exact) mass is 402 g/mol. The van der Waals surface area contributed by atoms with Crippen molar-refractivity contribution >= 4 is 38.9 Å². The number of hydrogen-bond acceptors (Lipinski definition) is 4. The number of benzene rings is 1. The first kappa shape index (κ1) is 18.3. The van der Waals surface area contributed by atoms with E-state index in [2.05, 4.69) is 5.32 Å². The van der Waals surface area contributed by atoms with Gasteiger partial charge in [0.1, 0.15) is 16.1 Å². The van der Waals surface area contributed by atoms with Crippen molar-refractivity contribution in [3.63, 3.8) is 0 Å². The van der Waals surface area contributed by atoms with E-state index in [-0.39, 0.29) is 17.3 Å². The molecule has 0 radical (unpaired) electrons. The van der Waals surface area contributed by atoms with Crippen LogP contribution in [0.2, 0.25) is 4.34 Å². The molecule has 134 valence electrons. The van der Waals surface area contributed by atoms with Crippen LogP contribution in [0.1, 0.15) is 18.4 Å². The van der Waals surface area contributed by atoms with Crippen LogP contribution in [0.4, 0.5) is 4.39 Å². The van der Waals surface area contributed by atoms with Gasteiger partial charge in [-0.2, -0.15) is 4.31 Å². The van der Waals surface area contributed by atoms with Gasteiger partial charge in [-0.05, 0) is 31.0 Å². The normalized spacial score (nSPS) is 18.4. The number of carbonyl (C=O) groups is 1. The fourth-order valence-corrected chi connectivity index (χ4v) is 6.05. The van der Waals surface area contributed by atoms with Crippen LogP contribution in [0.5, 0.6) is 0 Å². The third-order valence-corrected chi connectivity index (χ3v) is 7.64. The number of hydrogen-bond donors (Lipinski definition) is 1. The molecule has 2 aromatic rings. The molecular formula is C16H16ClFN2O3S2. The van der Waals surface area contributed by atoms with Crippen molar-refractivity contribution in [1.82, 2.24) is 9.62 Å². The maximum absolute atomic E-state index is 13.6. The second-order valence-electron chi connectivity index (χ2n) is 5.64. The van der Waals surface area contributed by atoms with Gasteiger partial charge in [0.2, 0.25) is 5.91 Å². The fraction of sp³-hybridized carbons (Fsp3) is 0.312. The summed E-state index contributed by atoms with van der Waals surface area (Å²) < 4.78 is 40.8. The van der Waals surface area contributed by atoms with Gasteiger partial charge >= 0.3 is 0 Å². The van der Waals surface area contributed by atoms with Crippen LogP contribution >= 0.6 is 22.9 Å². The first-order valence-corrected chi connectivity index (χ1v) is 10.3. The van der Waals surface area contributed by atoms with Gasteiger partial charge in [0.15, 0.2) is 0 Å². The van der Waals surface area contributed by atoms with E-state index in [1.165, 1.54) is 22.5 Å². The first-order valence-electron chi connectivity index (χ1n) is 7.68. The quantitative estimate of drug-likeness (QED) is 0.836. The van der Waals surface area contributed by atoms with Crippen molar-refractivity contribution in [2.24, 2.45) is 0 Å². The van der Waals surface area contributed by atoms with Gasteiger partial charge < -0.3 is 5.32 Å². The minimum Gasteiger partial charge on any atom is -0.351 e. The highest BCUT2D eigenvalue weighted by Crippen LogP contribution is 2.32. The van der Waals surface area contributed by atoms with Gasteiger partial charge in [-0.1, -0.05) is 29.8 Å². The molecule has 0 bridgehead atoms. The molecular weight excluding hydrogens is 387 g/mol. The van der Waals surface area contributed by atoms with Crippen molar-refractivity contribution in [2.75, 3.05) is 6.54 Å².